The van der Waals surface area contributed by atoms with Gasteiger partial charge in [0, 0.05) is 110 Å². The highest BCUT2D eigenvalue weighted by molar-refractivity contribution is 5.89. The van der Waals surface area contributed by atoms with E-state index in [1.54, 1.807) is 4.90 Å². The molecule has 3 aliphatic heterocycles. The Kier molecular flexibility index (Phi) is 17.1. The summed E-state index contributed by atoms with van der Waals surface area (Å²) in [4.78, 5) is 42.5. The molecular weight excluding hydrogens is 1200 g/mol. The van der Waals surface area contributed by atoms with Crippen molar-refractivity contribution in [3.8, 4) is 50.8 Å². The van der Waals surface area contributed by atoms with Crippen LogP contribution in [-0.2, 0) is 48.8 Å². The Morgan fingerprint density at radius 1 is 0.474 bits per heavy atom. The number of H-pyrrole nitrogens is 3. The number of carbonyl (C=O) groups is 2. The van der Waals surface area contributed by atoms with Crippen molar-refractivity contribution >= 4 is 44.7 Å². The van der Waals surface area contributed by atoms with Gasteiger partial charge in [0.05, 0.1) is 77.4 Å². The summed E-state index contributed by atoms with van der Waals surface area (Å²) in [7, 11) is 0. The molecule has 6 aromatic carbocycles. The van der Waals surface area contributed by atoms with Crippen molar-refractivity contribution in [2.24, 2.45) is 17.3 Å². The molecule has 0 radical (unpaired) electrons. The first-order valence-corrected chi connectivity index (χ1v) is 34.8. The number of aryl methyl sites for hydroxylation is 6. The van der Waals surface area contributed by atoms with Crippen molar-refractivity contribution in [2.75, 3.05) is 6.54 Å². The molecule has 1 aliphatic carbocycles. The van der Waals surface area contributed by atoms with E-state index in [-0.39, 0.29) is 17.4 Å². The van der Waals surface area contributed by atoms with Crippen molar-refractivity contribution in [1.29, 1.82) is 0 Å². The number of ether oxygens (including phenoxy) is 1. The number of hydrogen-bond acceptors (Lipinski definition) is 7. The Labute approximate surface area is 569 Å². The highest BCUT2D eigenvalue weighted by Gasteiger charge is 2.38. The number of aromatic nitrogens is 9. The lowest BCUT2D eigenvalue weighted by Crippen LogP contribution is -2.35. The number of carbonyl (C=O) groups excluding carboxylic acids is 2. The molecule has 3 N–H and O–H groups in total. The number of fused-ring (bicyclic) bond motifs is 6. The van der Waals surface area contributed by atoms with Gasteiger partial charge in [-0.3, -0.25) is 14.6 Å². The highest BCUT2D eigenvalue weighted by Crippen LogP contribution is 2.43. The van der Waals surface area contributed by atoms with E-state index >= 15 is 0 Å². The zero-order chi connectivity index (χ0) is 67.8. The zero-order valence-electron chi connectivity index (χ0n) is 58.7. The molecular formula is C82H92N12O3. The minimum atomic E-state index is -0.530. The van der Waals surface area contributed by atoms with Crippen LogP contribution >= 0.6 is 0 Å². The number of rotatable bonds is 9. The number of hydrogen-bond donors (Lipinski definition) is 3. The second-order valence-electron chi connectivity index (χ2n) is 30.0. The van der Waals surface area contributed by atoms with Gasteiger partial charge in [-0.2, -0.15) is 15.3 Å². The lowest BCUT2D eigenvalue weighted by molar-refractivity contribution is -0.137. The van der Waals surface area contributed by atoms with Crippen LogP contribution in [0.4, 0.5) is 4.79 Å². The molecule has 0 saturated heterocycles. The standard InChI is InChI=1S/C30H34N4O.C26H28N4O2.C26H30N4/c1-19-8-7-9-20(2)28(19)34-29(24-12-13-26-23(16-24)14-15-31-26)25-17-33(18-27(25)32-34)30(35)21(3)22-10-5-4-6-11-22;1-16-7-6-8-17(2)23(16)30-24(19-9-10-21-18(13-19)11-12-27-21)20-14-29(15-22(20)28-30)25(31)32-26(3,4)5;1-17-7-6-8-18(2)24(17)30-25(20-9-10-22-19(13-20)11-12-27-22)21-14-29(15-23(21)28-30)16-26(3,4)5/h7-9,12-16,21-22,31H,4-6,10-11,17-18H2,1-3H3;6-13,27H,14-15H2,1-5H3;6-13,27H,14-16H2,1-5H3. The van der Waals surface area contributed by atoms with Crippen LogP contribution < -0.4 is 0 Å². The van der Waals surface area contributed by atoms with Gasteiger partial charge in [-0.05, 0) is 174 Å². The summed E-state index contributed by atoms with van der Waals surface area (Å²) in [6.45, 7) is 32.7. The van der Waals surface area contributed by atoms with Gasteiger partial charge in [-0.15, -0.1) is 0 Å². The number of para-hydroxylation sites is 3. The first kappa shape index (κ1) is 64.6. The van der Waals surface area contributed by atoms with Crippen molar-refractivity contribution in [1.82, 2.24) is 59.0 Å². The summed E-state index contributed by atoms with van der Waals surface area (Å²) >= 11 is 0. The predicted octanol–water partition coefficient (Wildman–Crippen LogP) is 18.6. The maximum absolute atomic E-state index is 13.5. The minimum absolute atomic E-state index is 0.0877. The summed E-state index contributed by atoms with van der Waals surface area (Å²) in [6, 6.07) is 45.2. The molecule has 1 atom stereocenters. The Morgan fingerprint density at radius 2 is 0.845 bits per heavy atom. The van der Waals surface area contributed by atoms with Gasteiger partial charge in [0.15, 0.2) is 0 Å². The van der Waals surface area contributed by atoms with Crippen molar-refractivity contribution in [3.63, 3.8) is 0 Å². The summed E-state index contributed by atoms with van der Waals surface area (Å²) in [6.07, 6.45) is 11.8. The van der Waals surface area contributed by atoms with Gasteiger partial charge >= 0.3 is 6.09 Å². The van der Waals surface area contributed by atoms with Crippen molar-refractivity contribution in [3.05, 3.63) is 213 Å². The molecule has 2 amide bonds. The van der Waals surface area contributed by atoms with Gasteiger partial charge < -0.3 is 24.6 Å². The van der Waals surface area contributed by atoms with E-state index in [1.165, 1.54) is 116 Å². The number of nitrogens with one attached hydrogen (secondary N) is 3. The monoisotopic (exact) mass is 1290 g/mol. The van der Waals surface area contributed by atoms with E-state index in [9.17, 15) is 9.59 Å². The molecule has 9 heterocycles. The highest BCUT2D eigenvalue weighted by atomic mass is 16.6. The normalized spacial score (nSPS) is 15.2. The average molecular weight is 1290 g/mol. The molecule has 6 aromatic heterocycles. The lowest BCUT2D eigenvalue weighted by Gasteiger charge is -2.30. The third kappa shape index (κ3) is 12.7. The summed E-state index contributed by atoms with van der Waals surface area (Å²) in [5.41, 5.74) is 27.5. The molecule has 1 saturated carbocycles. The topological polar surface area (TPSA) is 154 Å². The predicted molar refractivity (Wildman–Crippen MR) is 390 cm³/mol. The van der Waals surface area contributed by atoms with Gasteiger partial charge in [0.1, 0.15) is 5.60 Å². The SMILES string of the molecule is Cc1cccc(C)c1-n1nc2c(c1-c1ccc3[nH]ccc3c1)CN(C(=O)C(C)C1CCCCC1)C2.Cc1cccc(C)c1-n1nc2c(c1-c1ccc3[nH]ccc3c1)CN(C(=O)OC(C)(C)C)C2.Cc1cccc(C)c1-n1nc2c(c1-c1ccc3[nH]ccc3c1)CN(CC(C)(C)C)C2. The Morgan fingerprint density at radius 3 is 1.24 bits per heavy atom. The first-order valence-electron chi connectivity index (χ1n) is 34.8. The van der Waals surface area contributed by atoms with Crippen LogP contribution in [0.5, 0.6) is 0 Å². The zero-order valence-corrected chi connectivity index (χ0v) is 58.7. The molecule has 1 fully saturated rings. The van der Waals surface area contributed by atoms with E-state index in [2.05, 4.69) is 231 Å². The molecule has 4 aliphatic rings. The van der Waals surface area contributed by atoms with E-state index in [0.29, 0.717) is 38.0 Å². The molecule has 0 bridgehead atoms. The smallest absolute Gasteiger partial charge is 0.410 e. The van der Waals surface area contributed by atoms with Crippen molar-refractivity contribution < 1.29 is 14.3 Å². The number of aromatic amines is 3. The summed E-state index contributed by atoms with van der Waals surface area (Å²) in [5.74, 6) is 0.902. The molecule has 498 valence electrons. The molecule has 0 spiro atoms. The summed E-state index contributed by atoms with van der Waals surface area (Å²) in [5, 5.41) is 18.9. The van der Waals surface area contributed by atoms with Crippen LogP contribution in [0, 0.1) is 58.8 Å². The second-order valence-corrected chi connectivity index (χ2v) is 30.0. The summed E-state index contributed by atoms with van der Waals surface area (Å²) < 4.78 is 12.0. The van der Waals surface area contributed by atoms with Crippen LogP contribution in [0.1, 0.15) is 148 Å². The fourth-order valence-corrected chi connectivity index (χ4v) is 15.6. The van der Waals surface area contributed by atoms with Crippen LogP contribution in [0.2, 0.25) is 0 Å². The van der Waals surface area contributed by atoms with Crippen LogP contribution in [0.3, 0.4) is 0 Å². The Hall–Kier alpha value is -9.73. The molecule has 97 heavy (non-hydrogen) atoms. The minimum Gasteiger partial charge on any atom is -0.444 e. The molecule has 15 heteroatoms. The fourth-order valence-electron chi connectivity index (χ4n) is 15.6. The number of amides is 2. The lowest BCUT2D eigenvalue weighted by atomic mass is 9.80. The molecule has 1 unspecified atom stereocenters. The van der Waals surface area contributed by atoms with Crippen LogP contribution in [-0.4, -0.2) is 83.1 Å². The second kappa shape index (κ2) is 25.7. The van der Waals surface area contributed by atoms with Crippen LogP contribution in [0.25, 0.3) is 83.5 Å². The quantitative estimate of drug-likeness (QED) is 0.130. The van der Waals surface area contributed by atoms with E-state index < -0.39 is 5.60 Å². The Bertz CT molecular complexity index is 4900. The van der Waals surface area contributed by atoms with Gasteiger partial charge in [0.25, 0.3) is 0 Å². The van der Waals surface area contributed by atoms with E-state index in [0.717, 1.165) is 86.9 Å². The Balaban J connectivity index is 0.000000125. The van der Waals surface area contributed by atoms with E-state index in [1.807, 2.05) is 44.3 Å². The molecule has 12 aromatic rings. The van der Waals surface area contributed by atoms with E-state index in [4.69, 9.17) is 20.0 Å². The first-order chi connectivity index (χ1) is 46.5. The average Bonchev–Trinajstić information content (AvgIpc) is 1.64. The molecule has 16 rings (SSSR count). The molecule has 15 nitrogen and oxygen atoms in total. The largest absolute Gasteiger partial charge is 0.444 e. The van der Waals surface area contributed by atoms with Gasteiger partial charge in [-0.25, -0.2) is 18.8 Å². The van der Waals surface area contributed by atoms with Gasteiger partial charge in [-0.1, -0.05) is 120 Å². The maximum Gasteiger partial charge on any atom is 0.410 e. The fraction of sp³-hybridized carbons (Fsp3) is 0.354. The number of nitrogens with zero attached hydrogens (tertiary/aromatic N) is 9. The van der Waals surface area contributed by atoms with Crippen LogP contribution in [0.15, 0.2) is 146 Å². The van der Waals surface area contributed by atoms with Crippen molar-refractivity contribution in [2.45, 2.75) is 167 Å². The number of benzene rings is 6. The maximum atomic E-state index is 13.5. The third-order valence-corrected chi connectivity index (χ3v) is 20.2. The third-order valence-electron chi connectivity index (χ3n) is 20.2. The van der Waals surface area contributed by atoms with Gasteiger partial charge in [0.2, 0.25) is 5.91 Å².